The lowest BCUT2D eigenvalue weighted by Crippen LogP contribution is -2.44. The molecule has 8 heteroatoms. The fourth-order valence-corrected chi connectivity index (χ4v) is 3.07. The molecule has 0 radical (unpaired) electrons. The van der Waals surface area contributed by atoms with Gasteiger partial charge in [-0.05, 0) is 37.0 Å². The monoisotopic (exact) mass is 343 g/mol. The number of H-pyrrole nitrogens is 1. The van der Waals surface area contributed by atoms with Crippen LogP contribution >= 0.6 is 0 Å². The number of nitrogens with one attached hydrogen (secondary N) is 2. The zero-order chi connectivity index (χ0) is 17.8. The molecule has 1 fully saturated rings. The summed E-state index contributed by atoms with van der Waals surface area (Å²) < 4.78 is 0. The van der Waals surface area contributed by atoms with E-state index in [4.69, 9.17) is 0 Å². The lowest BCUT2D eigenvalue weighted by Gasteiger charge is -2.34. The normalized spacial score (nSPS) is 15.2. The highest BCUT2D eigenvalue weighted by molar-refractivity contribution is 5.96. The Morgan fingerprint density at radius 3 is 2.64 bits per heavy atom. The van der Waals surface area contributed by atoms with Gasteiger partial charge in [-0.2, -0.15) is 5.10 Å². The topological polar surface area (TPSA) is 104 Å². The van der Waals surface area contributed by atoms with Gasteiger partial charge >= 0.3 is 5.69 Å². The number of carbonyl (C=O) groups is 1. The molecule has 0 spiro atoms. The molecule has 0 atom stereocenters. The van der Waals surface area contributed by atoms with Crippen LogP contribution in [0.4, 0.5) is 11.4 Å². The number of nitrogens with zero attached hydrogens (tertiary/aromatic N) is 3. The predicted octanol–water partition coefficient (Wildman–Crippen LogP) is 2.28. The minimum absolute atomic E-state index is 0.00145. The van der Waals surface area contributed by atoms with Crippen LogP contribution in [0, 0.1) is 10.1 Å². The number of amides is 1. The number of piperidine rings is 1. The number of hydrogen-bond donors (Lipinski definition) is 2. The first-order chi connectivity index (χ1) is 12.1. The van der Waals surface area contributed by atoms with Crippen LogP contribution in [0.5, 0.6) is 0 Å². The van der Waals surface area contributed by atoms with Crippen molar-refractivity contribution >= 4 is 17.3 Å². The van der Waals surface area contributed by atoms with Crippen molar-refractivity contribution in [3.63, 3.8) is 0 Å². The third kappa shape index (κ3) is 3.78. The molecule has 25 heavy (non-hydrogen) atoms. The second-order valence-corrected chi connectivity index (χ2v) is 6.14. The molecule has 2 heterocycles. The molecule has 2 N–H and O–H groups in total. The summed E-state index contributed by atoms with van der Waals surface area (Å²) in [6, 6.07) is 8.54. The summed E-state index contributed by atoms with van der Waals surface area (Å²) in [5.74, 6) is -0.477. The van der Waals surface area contributed by atoms with E-state index in [0.717, 1.165) is 38.5 Å². The predicted molar refractivity (Wildman–Crippen MR) is 93.8 cm³/mol. The molecule has 0 unspecified atom stereocenters. The van der Waals surface area contributed by atoms with Crippen molar-refractivity contribution in [3.8, 4) is 0 Å². The molecule has 1 saturated heterocycles. The summed E-state index contributed by atoms with van der Waals surface area (Å²) in [5.41, 5.74) is 2.10. The van der Waals surface area contributed by atoms with Gasteiger partial charge in [0.15, 0.2) is 0 Å². The Bertz CT molecular complexity index is 748. The fourth-order valence-electron chi connectivity index (χ4n) is 3.07. The summed E-state index contributed by atoms with van der Waals surface area (Å²) in [4.78, 5) is 24.8. The Balaban J connectivity index is 1.56. The highest BCUT2D eigenvalue weighted by Gasteiger charge is 2.26. The summed E-state index contributed by atoms with van der Waals surface area (Å²) in [6.45, 7) is 3.80. The van der Waals surface area contributed by atoms with E-state index >= 15 is 0 Å². The smallest absolute Gasteiger partial charge is 0.319 e. The van der Waals surface area contributed by atoms with Crippen molar-refractivity contribution in [3.05, 3.63) is 51.8 Å². The highest BCUT2D eigenvalue weighted by atomic mass is 16.6. The van der Waals surface area contributed by atoms with E-state index in [0.29, 0.717) is 0 Å². The SMILES string of the molecule is CCc1ccc(N2CCC(NC(=O)c3[nH]ncc3[N+](=O)[O-])CC2)cc1. The van der Waals surface area contributed by atoms with Gasteiger partial charge in [0, 0.05) is 24.8 Å². The van der Waals surface area contributed by atoms with Crippen LogP contribution in [0.1, 0.15) is 35.8 Å². The minimum Gasteiger partial charge on any atom is -0.371 e. The van der Waals surface area contributed by atoms with Gasteiger partial charge in [0.25, 0.3) is 5.91 Å². The lowest BCUT2D eigenvalue weighted by atomic mass is 10.0. The number of aryl methyl sites for hydroxylation is 1. The first-order valence-electron chi connectivity index (χ1n) is 8.41. The summed E-state index contributed by atoms with van der Waals surface area (Å²) in [6.07, 6.45) is 3.66. The van der Waals surface area contributed by atoms with Gasteiger partial charge in [-0.1, -0.05) is 19.1 Å². The number of rotatable bonds is 5. The number of benzene rings is 1. The number of aromatic amines is 1. The lowest BCUT2D eigenvalue weighted by molar-refractivity contribution is -0.385. The Hall–Kier alpha value is -2.90. The molecule has 8 nitrogen and oxygen atoms in total. The molecule has 0 aliphatic carbocycles. The molecule has 0 saturated carbocycles. The third-order valence-electron chi connectivity index (χ3n) is 4.58. The van der Waals surface area contributed by atoms with Gasteiger partial charge in [0.1, 0.15) is 6.20 Å². The summed E-state index contributed by atoms with van der Waals surface area (Å²) in [7, 11) is 0. The maximum Gasteiger partial charge on any atom is 0.319 e. The summed E-state index contributed by atoms with van der Waals surface area (Å²) in [5, 5.41) is 19.7. The van der Waals surface area contributed by atoms with Crippen LogP contribution in [0.2, 0.25) is 0 Å². The van der Waals surface area contributed by atoms with E-state index in [1.165, 1.54) is 11.3 Å². The Kier molecular flexibility index (Phi) is 4.97. The van der Waals surface area contributed by atoms with Crippen molar-refractivity contribution in [2.24, 2.45) is 0 Å². The molecule has 1 aliphatic rings. The molecule has 1 aromatic heterocycles. The molecule has 0 bridgehead atoms. The zero-order valence-corrected chi connectivity index (χ0v) is 14.1. The van der Waals surface area contributed by atoms with Crippen LogP contribution in [0.25, 0.3) is 0 Å². The number of carbonyl (C=O) groups excluding carboxylic acids is 1. The molecule has 3 rings (SSSR count). The number of hydrogen-bond acceptors (Lipinski definition) is 5. The van der Waals surface area contributed by atoms with E-state index in [1.54, 1.807) is 0 Å². The number of anilines is 1. The second kappa shape index (κ2) is 7.33. The maximum absolute atomic E-state index is 12.2. The van der Waals surface area contributed by atoms with Crippen molar-refractivity contribution < 1.29 is 9.72 Å². The van der Waals surface area contributed by atoms with Gasteiger partial charge in [0.05, 0.1) is 4.92 Å². The molecular formula is C17H21N5O3. The van der Waals surface area contributed by atoms with Gasteiger partial charge in [-0.3, -0.25) is 20.0 Å². The molecule has 1 amide bonds. The van der Waals surface area contributed by atoms with E-state index in [2.05, 4.69) is 51.6 Å². The molecule has 1 aromatic carbocycles. The van der Waals surface area contributed by atoms with E-state index in [9.17, 15) is 14.9 Å². The Morgan fingerprint density at radius 2 is 2.04 bits per heavy atom. The third-order valence-corrected chi connectivity index (χ3v) is 4.58. The minimum atomic E-state index is -0.610. The molecule has 132 valence electrons. The quantitative estimate of drug-likeness (QED) is 0.640. The maximum atomic E-state index is 12.2. The van der Waals surface area contributed by atoms with Crippen LogP contribution in [0.3, 0.4) is 0 Å². The standard InChI is InChI=1S/C17H21N5O3/c1-2-12-3-5-14(6-4-12)21-9-7-13(8-10-21)19-17(23)16-15(22(24)25)11-18-20-16/h3-6,11,13H,2,7-10H2,1H3,(H,18,20)(H,19,23). The Labute approximate surface area is 145 Å². The van der Waals surface area contributed by atoms with Crippen molar-refractivity contribution in [1.82, 2.24) is 15.5 Å². The fraction of sp³-hybridized carbons (Fsp3) is 0.412. The van der Waals surface area contributed by atoms with E-state index in [-0.39, 0.29) is 17.4 Å². The van der Waals surface area contributed by atoms with E-state index < -0.39 is 10.8 Å². The second-order valence-electron chi connectivity index (χ2n) is 6.14. The van der Waals surface area contributed by atoms with Crippen molar-refractivity contribution in [1.29, 1.82) is 0 Å². The van der Waals surface area contributed by atoms with Gasteiger partial charge in [-0.15, -0.1) is 0 Å². The van der Waals surface area contributed by atoms with Crippen LogP contribution in [-0.2, 0) is 6.42 Å². The van der Waals surface area contributed by atoms with Crippen molar-refractivity contribution in [2.75, 3.05) is 18.0 Å². The first-order valence-corrected chi connectivity index (χ1v) is 8.41. The molecular weight excluding hydrogens is 322 g/mol. The number of aromatic nitrogens is 2. The Morgan fingerprint density at radius 1 is 1.36 bits per heavy atom. The van der Waals surface area contributed by atoms with E-state index in [1.807, 2.05) is 0 Å². The first kappa shape index (κ1) is 16.9. The van der Waals surface area contributed by atoms with Gasteiger partial charge in [-0.25, -0.2) is 0 Å². The zero-order valence-electron chi connectivity index (χ0n) is 14.1. The van der Waals surface area contributed by atoms with Crippen LogP contribution in [0.15, 0.2) is 30.5 Å². The van der Waals surface area contributed by atoms with Gasteiger partial charge < -0.3 is 10.2 Å². The molecule has 1 aliphatic heterocycles. The van der Waals surface area contributed by atoms with Crippen LogP contribution in [-0.4, -0.2) is 40.2 Å². The average molecular weight is 343 g/mol. The van der Waals surface area contributed by atoms with Gasteiger partial charge in [0.2, 0.25) is 5.69 Å². The average Bonchev–Trinajstić information content (AvgIpc) is 3.13. The largest absolute Gasteiger partial charge is 0.371 e. The van der Waals surface area contributed by atoms with Crippen molar-refractivity contribution in [2.45, 2.75) is 32.2 Å². The summed E-state index contributed by atoms with van der Waals surface area (Å²) >= 11 is 0. The highest BCUT2D eigenvalue weighted by Crippen LogP contribution is 2.21. The molecule has 2 aromatic rings. The number of nitro groups is 1. The van der Waals surface area contributed by atoms with Crippen LogP contribution < -0.4 is 10.2 Å².